The number of rotatable bonds is 5. The van der Waals surface area contributed by atoms with Gasteiger partial charge >= 0.3 is 11.9 Å². The topological polar surface area (TPSA) is 86.0 Å². The lowest BCUT2D eigenvalue weighted by Crippen LogP contribution is -2.46. The van der Waals surface area contributed by atoms with Gasteiger partial charge in [-0.05, 0) is 68.7 Å². The molecule has 0 aliphatic rings. The van der Waals surface area contributed by atoms with E-state index >= 15 is 0 Å². The minimum Gasteiger partial charge on any atom is -0.348 e. The zero-order chi connectivity index (χ0) is 24.5. The van der Waals surface area contributed by atoms with E-state index in [9.17, 15) is 27.6 Å². The molecule has 1 amide bonds. The molecular formula is C23H23F3N4O3. The first-order valence-electron chi connectivity index (χ1n) is 10.2. The number of aryl methyl sites for hydroxylation is 2. The fourth-order valence-electron chi connectivity index (χ4n) is 3.35. The van der Waals surface area contributed by atoms with Crippen molar-refractivity contribution in [2.24, 2.45) is 0 Å². The summed E-state index contributed by atoms with van der Waals surface area (Å²) in [7, 11) is 0. The first-order chi connectivity index (χ1) is 15.4. The van der Waals surface area contributed by atoms with Crippen LogP contribution in [-0.4, -0.2) is 26.3 Å². The Morgan fingerprint density at radius 3 is 2.12 bits per heavy atom. The molecule has 0 aliphatic carbocycles. The minimum absolute atomic E-state index is 0.288. The lowest BCUT2D eigenvalue weighted by Gasteiger charge is -2.14. The molecule has 174 valence electrons. The summed E-state index contributed by atoms with van der Waals surface area (Å²) in [6.45, 7) is 6.74. The number of amides is 1. The monoisotopic (exact) mass is 460 g/mol. The van der Waals surface area contributed by atoms with Crippen LogP contribution in [0.15, 0.2) is 52.1 Å². The van der Waals surface area contributed by atoms with E-state index in [1.165, 1.54) is 12.1 Å². The average Bonchev–Trinajstić information content (AvgIpc) is 2.69. The van der Waals surface area contributed by atoms with Crippen LogP contribution in [0.5, 0.6) is 0 Å². The second-order valence-corrected chi connectivity index (χ2v) is 8.10. The predicted molar refractivity (Wildman–Crippen MR) is 117 cm³/mol. The smallest absolute Gasteiger partial charge is 0.348 e. The zero-order valence-corrected chi connectivity index (χ0v) is 18.5. The summed E-state index contributed by atoms with van der Waals surface area (Å²) in [5.74, 6) is -0.755. The quantitative estimate of drug-likeness (QED) is 0.634. The van der Waals surface area contributed by atoms with Gasteiger partial charge in [0.15, 0.2) is 0 Å². The Bertz CT molecular complexity index is 1290. The summed E-state index contributed by atoms with van der Waals surface area (Å²) in [6.07, 6.45) is -4.51. The van der Waals surface area contributed by atoms with Crippen LogP contribution >= 0.6 is 0 Å². The number of carbonyl (C=O) groups excluding carboxylic acids is 1. The summed E-state index contributed by atoms with van der Waals surface area (Å²) in [6, 6.07) is 9.07. The van der Waals surface area contributed by atoms with E-state index in [0.29, 0.717) is 5.69 Å². The normalized spacial score (nSPS) is 11.6. The van der Waals surface area contributed by atoms with Crippen LogP contribution < -0.4 is 16.6 Å². The van der Waals surface area contributed by atoms with E-state index in [4.69, 9.17) is 0 Å². The molecule has 33 heavy (non-hydrogen) atoms. The minimum atomic E-state index is -4.51. The van der Waals surface area contributed by atoms with Crippen molar-refractivity contribution < 1.29 is 18.0 Å². The Morgan fingerprint density at radius 1 is 1.03 bits per heavy atom. The van der Waals surface area contributed by atoms with E-state index in [1.807, 2.05) is 19.9 Å². The number of carbonyl (C=O) groups is 1. The third-order valence-corrected chi connectivity index (χ3v) is 4.77. The number of halogens is 3. The number of hydrogen-bond donors (Lipinski definition) is 1. The maximum atomic E-state index is 13.2. The van der Waals surface area contributed by atoms with Gasteiger partial charge in [-0.25, -0.2) is 4.79 Å². The molecule has 0 fully saturated rings. The number of benzene rings is 2. The molecule has 2 aromatic carbocycles. The largest absolute Gasteiger partial charge is 0.416 e. The molecule has 0 saturated carbocycles. The molecule has 3 rings (SSSR count). The molecular weight excluding hydrogens is 437 g/mol. The molecule has 7 nitrogen and oxygen atoms in total. The van der Waals surface area contributed by atoms with Crippen molar-refractivity contribution in [2.45, 2.75) is 46.5 Å². The molecule has 0 atom stereocenters. The van der Waals surface area contributed by atoms with Crippen molar-refractivity contribution in [1.29, 1.82) is 0 Å². The van der Waals surface area contributed by atoms with E-state index in [0.717, 1.165) is 32.5 Å². The second-order valence-electron chi connectivity index (χ2n) is 8.10. The zero-order valence-electron chi connectivity index (χ0n) is 18.5. The summed E-state index contributed by atoms with van der Waals surface area (Å²) in [5.41, 5.74) is -0.760. The second kappa shape index (κ2) is 9.05. The Balaban J connectivity index is 2.18. The fraction of sp³-hybridized carbons (Fsp3) is 0.304. The summed E-state index contributed by atoms with van der Waals surface area (Å²) < 4.78 is 40.3. The van der Waals surface area contributed by atoms with Gasteiger partial charge in [-0.3, -0.25) is 14.2 Å². The van der Waals surface area contributed by atoms with E-state index in [-0.39, 0.29) is 18.2 Å². The Hall–Kier alpha value is -3.69. The fourth-order valence-corrected chi connectivity index (χ4v) is 3.35. The molecule has 0 saturated heterocycles. The van der Waals surface area contributed by atoms with Gasteiger partial charge in [-0.1, -0.05) is 18.2 Å². The molecule has 0 radical (unpaired) electrons. The molecule has 3 aromatic rings. The molecule has 1 N–H and O–H groups in total. The molecule has 0 bridgehead atoms. The van der Waals surface area contributed by atoms with Gasteiger partial charge in [0.1, 0.15) is 0 Å². The standard InChI is InChI=1S/C23H23F3N4O3/c1-13(2)27-20(31)19-21(32)29(12-16-5-7-17(8-6-16)23(24,25)26)22(33)30(28-19)18-10-14(3)9-15(4)11-18/h5-11,13H,12H2,1-4H3,(H,27,31). The van der Waals surface area contributed by atoms with Gasteiger partial charge in [0.2, 0.25) is 5.69 Å². The highest BCUT2D eigenvalue weighted by atomic mass is 19.4. The van der Waals surface area contributed by atoms with Gasteiger partial charge in [0, 0.05) is 6.04 Å². The van der Waals surface area contributed by atoms with Crippen molar-refractivity contribution in [3.63, 3.8) is 0 Å². The first kappa shape index (κ1) is 24.0. The van der Waals surface area contributed by atoms with Crippen molar-refractivity contribution in [3.8, 4) is 5.69 Å². The number of alkyl halides is 3. The molecule has 0 aliphatic heterocycles. The Kier molecular flexibility index (Phi) is 6.57. The predicted octanol–water partition coefficient (Wildman–Crippen LogP) is 3.22. The summed E-state index contributed by atoms with van der Waals surface area (Å²) in [5, 5.41) is 6.62. The summed E-state index contributed by atoms with van der Waals surface area (Å²) in [4.78, 5) is 38.8. The van der Waals surface area contributed by atoms with Gasteiger partial charge in [0.05, 0.1) is 17.8 Å². The van der Waals surface area contributed by atoms with Gasteiger partial charge in [0.25, 0.3) is 11.5 Å². The van der Waals surface area contributed by atoms with E-state index < -0.39 is 34.6 Å². The van der Waals surface area contributed by atoms with Crippen LogP contribution in [0, 0.1) is 13.8 Å². The first-order valence-corrected chi connectivity index (χ1v) is 10.2. The lowest BCUT2D eigenvalue weighted by atomic mass is 10.1. The Morgan fingerprint density at radius 2 is 1.61 bits per heavy atom. The van der Waals surface area contributed by atoms with Crippen LogP contribution in [0.2, 0.25) is 0 Å². The average molecular weight is 460 g/mol. The maximum Gasteiger partial charge on any atom is 0.416 e. The molecule has 0 spiro atoms. The van der Waals surface area contributed by atoms with Crippen molar-refractivity contribution >= 4 is 5.91 Å². The lowest BCUT2D eigenvalue weighted by molar-refractivity contribution is -0.137. The SMILES string of the molecule is Cc1cc(C)cc(-n2nc(C(=O)NC(C)C)c(=O)n(Cc3ccc(C(F)(F)F)cc3)c2=O)c1. The maximum absolute atomic E-state index is 13.2. The molecule has 1 aromatic heterocycles. The van der Waals surface area contributed by atoms with Crippen molar-refractivity contribution in [3.05, 3.63) is 91.3 Å². The van der Waals surface area contributed by atoms with Gasteiger partial charge in [-0.2, -0.15) is 23.0 Å². The van der Waals surface area contributed by atoms with Crippen LogP contribution in [0.4, 0.5) is 13.2 Å². The number of hydrogen-bond acceptors (Lipinski definition) is 4. The third-order valence-electron chi connectivity index (χ3n) is 4.77. The van der Waals surface area contributed by atoms with Crippen LogP contribution in [-0.2, 0) is 12.7 Å². The highest BCUT2D eigenvalue weighted by Crippen LogP contribution is 2.29. The van der Waals surface area contributed by atoms with E-state index in [1.54, 1.807) is 26.0 Å². The van der Waals surface area contributed by atoms with Crippen LogP contribution in [0.25, 0.3) is 5.69 Å². The molecule has 10 heteroatoms. The third kappa shape index (κ3) is 5.39. The van der Waals surface area contributed by atoms with E-state index in [2.05, 4.69) is 10.4 Å². The van der Waals surface area contributed by atoms with Gasteiger partial charge < -0.3 is 5.32 Å². The highest BCUT2D eigenvalue weighted by molar-refractivity contribution is 5.91. The highest BCUT2D eigenvalue weighted by Gasteiger charge is 2.30. The van der Waals surface area contributed by atoms with Crippen LogP contribution in [0.1, 0.15) is 46.6 Å². The number of nitrogens with zero attached hydrogens (tertiary/aromatic N) is 3. The van der Waals surface area contributed by atoms with Crippen molar-refractivity contribution in [2.75, 3.05) is 0 Å². The number of aromatic nitrogens is 3. The number of nitrogens with one attached hydrogen (secondary N) is 1. The summed E-state index contributed by atoms with van der Waals surface area (Å²) >= 11 is 0. The van der Waals surface area contributed by atoms with Gasteiger partial charge in [-0.15, -0.1) is 0 Å². The Labute approximate surface area is 187 Å². The molecule has 1 heterocycles. The molecule has 0 unspecified atom stereocenters. The van der Waals surface area contributed by atoms with Crippen LogP contribution in [0.3, 0.4) is 0 Å². The van der Waals surface area contributed by atoms with Crippen molar-refractivity contribution in [1.82, 2.24) is 19.7 Å².